The fourth-order valence-electron chi connectivity index (χ4n) is 3.42. The number of carbonyl (C=O) groups is 1. The number of fused-ring (bicyclic) bond motifs is 1. The maximum absolute atomic E-state index is 14.2. The van der Waals surface area contributed by atoms with Crippen LogP contribution in [-0.4, -0.2) is 44.1 Å². The van der Waals surface area contributed by atoms with Crippen molar-refractivity contribution < 1.29 is 13.9 Å². The molecule has 4 nitrogen and oxygen atoms in total. The van der Waals surface area contributed by atoms with Crippen LogP contribution in [0.4, 0.5) is 10.1 Å². The van der Waals surface area contributed by atoms with Crippen LogP contribution in [0.2, 0.25) is 5.02 Å². The molecule has 0 spiro atoms. The number of amides is 1. The van der Waals surface area contributed by atoms with Crippen LogP contribution in [0.15, 0.2) is 42.5 Å². The molecule has 1 saturated heterocycles. The van der Waals surface area contributed by atoms with E-state index in [1.54, 1.807) is 17.0 Å². The van der Waals surface area contributed by atoms with Crippen molar-refractivity contribution in [2.24, 2.45) is 0 Å². The van der Waals surface area contributed by atoms with Gasteiger partial charge in [-0.15, -0.1) is 11.3 Å². The van der Waals surface area contributed by atoms with Crippen LogP contribution < -0.4 is 9.64 Å². The molecule has 0 radical (unpaired) electrons. The summed E-state index contributed by atoms with van der Waals surface area (Å²) in [5, 5.41) is 1.09. The van der Waals surface area contributed by atoms with E-state index < -0.39 is 0 Å². The molecular weight excluding hydrogens is 387 g/mol. The minimum absolute atomic E-state index is 0.119. The van der Waals surface area contributed by atoms with Crippen LogP contribution in [-0.2, 0) is 0 Å². The van der Waals surface area contributed by atoms with Crippen LogP contribution in [0.5, 0.6) is 5.75 Å². The number of hydrogen-bond acceptors (Lipinski definition) is 4. The molecule has 0 unspecified atom stereocenters. The fourth-order valence-corrected chi connectivity index (χ4v) is 4.83. The predicted octanol–water partition coefficient (Wildman–Crippen LogP) is 4.66. The molecule has 1 aromatic heterocycles. The highest BCUT2D eigenvalue weighted by Crippen LogP contribution is 2.40. The monoisotopic (exact) mass is 404 g/mol. The molecule has 0 saturated carbocycles. The number of benzene rings is 2. The third-order valence-electron chi connectivity index (χ3n) is 4.78. The molecule has 1 aliphatic heterocycles. The van der Waals surface area contributed by atoms with E-state index in [-0.39, 0.29) is 11.7 Å². The third kappa shape index (κ3) is 3.24. The van der Waals surface area contributed by atoms with Gasteiger partial charge in [-0.05, 0) is 24.3 Å². The van der Waals surface area contributed by atoms with E-state index in [4.69, 9.17) is 16.3 Å². The van der Waals surface area contributed by atoms with Crippen molar-refractivity contribution in [1.29, 1.82) is 0 Å². The maximum atomic E-state index is 14.2. The molecule has 4 rings (SSSR count). The first-order valence-electron chi connectivity index (χ1n) is 8.64. The average molecular weight is 405 g/mol. The number of hydrogen-bond donors (Lipinski definition) is 0. The first-order valence-corrected chi connectivity index (χ1v) is 9.83. The van der Waals surface area contributed by atoms with Gasteiger partial charge in [-0.1, -0.05) is 29.8 Å². The number of para-hydroxylation sites is 1. The molecule has 0 N–H and O–H groups in total. The van der Waals surface area contributed by atoms with Gasteiger partial charge in [-0.3, -0.25) is 4.79 Å². The SMILES string of the molecule is COc1c(C(=O)N2CCN(c3ccccc3Cl)CC2)sc2cccc(F)c12. The highest BCUT2D eigenvalue weighted by molar-refractivity contribution is 7.21. The Kier molecular flexibility index (Phi) is 4.93. The number of carbonyl (C=O) groups excluding carboxylic acids is 1. The standard InChI is InChI=1S/C20H18ClFN2O2S/c1-26-18-17-14(22)6-4-8-16(17)27-19(18)20(25)24-11-9-23(10-12-24)15-7-3-2-5-13(15)21/h2-8H,9-12H2,1H3. The minimum atomic E-state index is -0.372. The molecule has 0 atom stereocenters. The Morgan fingerprint density at radius 1 is 1.11 bits per heavy atom. The number of methoxy groups -OCH3 is 1. The lowest BCUT2D eigenvalue weighted by atomic mass is 10.2. The van der Waals surface area contributed by atoms with E-state index in [1.807, 2.05) is 24.3 Å². The molecule has 1 amide bonds. The first kappa shape index (κ1) is 18.1. The Balaban J connectivity index is 1.56. The van der Waals surface area contributed by atoms with Gasteiger partial charge in [0.15, 0.2) is 5.75 Å². The molecule has 7 heteroatoms. The first-order chi connectivity index (χ1) is 13.1. The second-order valence-corrected chi connectivity index (χ2v) is 7.77. The molecule has 2 aromatic carbocycles. The lowest BCUT2D eigenvalue weighted by Crippen LogP contribution is -2.48. The number of piperazine rings is 1. The van der Waals surface area contributed by atoms with Gasteiger partial charge in [0.1, 0.15) is 10.7 Å². The largest absolute Gasteiger partial charge is 0.494 e. The van der Waals surface area contributed by atoms with Crippen LogP contribution in [0.1, 0.15) is 9.67 Å². The van der Waals surface area contributed by atoms with E-state index in [0.717, 1.165) is 5.69 Å². The predicted molar refractivity (Wildman–Crippen MR) is 108 cm³/mol. The lowest BCUT2D eigenvalue weighted by molar-refractivity contribution is 0.0749. The summed E-state index contributed by atoms with van der Waals surface area (Å²) in [6, 6.07) is 12.5. The fraction of sp³-hybridized carbons (Fsp3) is 0.250. The zero-order valence-electron chi connectivity index (χ0n) is 14.7. The van der Waals surface area contributed by atoms with Gasteiger partial charge in [0.05, 0.1) is 23.2 Å². The van der Waals surface area contributed by atoms with Gasteiger partial charge in [0.2, 0.25) is 0 Å². The Bertz CT molecular complexity index is 999. The molecular formula is C20H18ClFN2O2S. The van der Waals surface area contributed by atoms with Crippen LogP contribution in [0, 0.1) is 5.82 Å². The quantitative estimate of drug-likeness (QED) is 0.636. The van der Waals surface area contributed by atoms with Crippen LogP contribution >= 0.6 is 22.9 Å². The molecule has 0 aliphatic carbocycles. The molecule has 3 aromatic rings. The van der Waals surface area contributed by atoms with Gasteiger partial charge in [0, 0.05) is 30.9 Å². The maximum Gasteiger partial charge on any atom is 0.267 e. The number of anilines is 1. The van der Waals surface area contributed by atoms with E-state index in [1.165, 1.54) is 24.5 Å². The lowest BCUT2D eigenvalue weighted by Gasteiger charge is -2.36. The van der Waals surface area contributed by atoms with E-state index >= 15 is 0 Å². The van der Waals surface area contributed by atoms with Gasteiger partial charge in [0.25, 0.3) is 5.91 Å². The van der Waals surface area contributed by atoms with Gasteiger partial charge >= 0.3 is 0 Å². The van der Waals surface area contributed by atoms with E-state index in [2.05, 4.69) is 4.90 Å². The van der Waals surface area contributed by atoms with Crippen molar-refractivity contribution in [3.63, 3.8) is 0 Å². The Morgan fingerprint density at radius 3 is 2.56 bits per heavy atom. The highest BCUT2D eigenvalue weighted by Gasteiger charge is 2.28. The van der Waals surface area contributed by atoms with Crippen molar-refractivity contribution in [2.45, 2.75) is 0 Å². The molecule has 0 bridgehead atoms. The Labute approximate surface area is 165 Å². The molecule has 1 aliphatic rings. The van der Waals surface area contributed by atoms with E-state index in [9.17, 15) is 9.18 Å². The zero-order chi connectivity index (χ0) is 19.0. The molecule has 140 valence electrons. The molecule has 27 heavy (non-hydrogen) atoms. The minimum Gasteiger partial charge on any atom is -0.494 e. The summed E-state index contributed by atoms with van der Waals surface area (Å²) in [7, 11) is 1.47. The molecule has 1 fully saturated rings. The summed E-state index contributed by atoms with van der Waals surface area (Å²) < 4.78 is 20.3. The number of rotatable bonds is 3. The molecule has 2 heterocycles. The topological polar surface area (TPSA) is 32.8 Å². The number of halogens is 2. The normalized spacial score (nSPS) is 14.6. The summed E-state index contributed by atoms with van der Waals surface area (Å²) in [4.78, 5) is 17.5. The summed E-state index contributed by atoms with van der Waals surface area (Å²) in [5.41, 5.74) is 0.979. The third-order valence-corrected chi connectivity index (χ3v) is 6.22. The van der Waals surface area contributed by atoms with Gasteiger partial charge in [-0.2, -0.15) is 0 Å². The van der Waals surface area contributed by atoms with Crippen molar-refractivity contribution in [2.75, 3.05) is 38.2 Å². The Hall–Kier alpha value is -2.31. The van der Waals surface area contributed by atoms with Crippen molar-refractivity contribution in [3.8, 4) is 5.75 Å². The zero-order valence-corrected chi connectivity index (χ0v) is 16.3. The van der Waals surface area contributed by atoms with Crippen LogP contribution in [0.3, 0.4) is 0 Å². The van der Waals surface area contributed by atoms with Gasteiger partial charge < -0.3 is 14.5 Å². The summed E-state index contributed by atoms with van der Waals surface area (Å²) in [6.07, 6.45) is 0. The summed E-state index contributed by atoms with van der Waals surface area (Å²) >= 11 is 7.55. The van der Waals surface area contributed by atoms with Gasteiger partial charge in [-0.25, -0.2) is 4.39 Å². The van der Waals surface area contributed by atoms with Crippen molar-refractivity contribution in [3.05, 3.63) is 58.2 Å². The van der Waals surface area contributed by atoms with Crippen molar-refractivity contribution in [1.82, 2.24) is 4.90 Å². The highest BCUT2D eigenvalue weighted by atomic mass is 35.5. The summed E-state index contributed by atoms with van der Waals surface area (Å²) in [6.45, 7) is 2.53. The number of nitrogens with zero attached hydrogens (tertiary/aromatic N) is 2. The van der Waals surface area contributed by atoms with E-state index in [0.29, 0.717) is 51.9 Å². The van der Waals surface area contributed by atoms with Crippen LogP contribution in [0.25, 0.3) is 10.1 Å². The smallest absolute Gasteiger partial charge is 0.267 e. The second-order valence-electron chi connectivity index (χ2n) is 6.31. The summed E-state index contributed by atoms with van der Waals surface area (Å²) in [5.74, 6) is -0.166. The number of ether oxygens (including phenoxy) is 1. The average Bonchev–Trinajstić information content (AvgIpc) is 3.08. The second kappa shape index (κ2) is 7.37. The number of thiophene rings is 1. The Morgan fingerprint density at radius 2 is 1.85 bits per heavy atom. The van der Waals surface area contributed by atoms with Crippen molar-refractivity contribution >= 4 is 44.6 Å².